The number of benzene rings is 1. The number of aromatic nitrogens is 3. The molecule has 1 unspecified atom stereocenters. The fourth-order valence-corrected chi connectivity index (χ4v) is 4.38. The molecule has 1 aliphatic carbocycles. The Morgan fingerprint density at radius 2 is 2.08 bits per heavy atom. The third-order valence-electron chi connectivity index (χ3n) is 4.75. The fraction of sp³-hybridized carbons (Fsp3) is 0.526. The Morgan fingerprint density at radius 3 is 2.73 bits per heavy atom. The van der Waals surface area contributed by atoms with Crippen LogP contribution in [0.4, 0.5) is 0 Å². The number of amides is 1. The molecule has 1 atom stereocenters. The molecule has 5 nitrogen and oxygen atoms in total. The largest absolute Gasteiger partial charge is 0.352 e. The molecule has 140 valence electrons. The maximum Gasteiger partial charge on any atom is 0.234 e. The topological polar surface area (TPSA) is 59.8 Å². The Bertz CT molecular complexity index is 771. The maximum absolute atomic E-state index is 12.8. The van der Waals surface area contributed by atoms with Gasteiger partial charge in [0.05, 0.1) is 10.9 Å². The van der Waals surface area contributed by atoms with E-state index in [2.05, 4.69) is 29.4 Å². The van der Waals surface area contributed by atoms with Crippen molar-refractivity contribution in [2.45, 2.75) is 62.9 Å². The van der Waals surface area contributed by atoms with Crippen LogP contribution in [0.1, 0.15) is 45.1 Å². The predicted octanol–water partition coefficient (Wildman–Crippen LogP) is 4.40. The van der Waals surface area contributed by atoms with Gasteiger partial charge in [-0.15, -0.1) is 10.2 Å². The number of thioether (sulfide) groups is 1. The second kappa shape index (κ2) is 8.44. The van der Waals surface area contributed by atoms with E-state index in [-0.39, 0.29) is 17.1 Å². The lowest BCUT2D eigenvalue weighted by molar-refractivity contribution is -0.121. The van der Waals surface area contributed by atoms with Crippen molar-refractivity contribution in [3.8, 4) is 5.69 Å². The summed E-state index contributed by atoms with van der Waals surface area (Å²) in [4.78, 5) is 12.8. The number of carbonyl (C=O) groups is 1. The highest BCUT2D eigenvalue weighted by atomic mass is 35.5. The third kappa shape index (κ3) is 4.41. The van der Waals surface area contributed by atoms with Crippen molar-refractivity contribution in [1.82, 2.24) is 20.1 Å². The van der Waals surface area contributed by atoms with Gasteiger partial charge in [-0.1, -0.05) is 56.1 Å². The molecule has 1 amide bonds. The maximum atomic E-state index is 12.8. The molecule has 1 saturated carbocycles. The van der Waals surface area contributed by atoms with Gasteiger partial charge in [0.1, 0.15) is 6.33 Å². The minimum Gasteiger partial charge on any atom is -0.352 e. The summed E-state index contributed by atoms with van der Waals surface area (Å²) in [7, 11) is 0. The van der Waals surface area contributed by atoms with E-state index >= 15 is 0 Å². The first-order chi connectivity index (χ1) is 12.5. The van der Waals surface area contributed by atoms with E-state index in [0.717, 1.165) is 24.1 Å². The lowest BCUT2D eigenvalue weighted by Gasteiger charge is -2.22. The van der Waals surface area contributed by atoms with Gasteiger partial charge in [0.2, 0.25) is 5.91 Å². The van der Waals surface area contributed by atoms with E-state index in [1.165, 1.54) is 24.6 Å². The second-order valence-electron chi connectivity index (χ2n) is 7.19. The van der Waals surface area contributed by atoms with Gasteiger partial charge in [-0.05, 0) is 43.4 Å². The normalized spacial score (nSPS) is 16.2. The van der Waals surface area contributed by atoms with Gasteiger partial charge in [0, 0.05) is 11.1 Å². The predicted molar refractivity (Wildman–Crippen MR) is 106 cm³/mol. The summed E-state index contributed by atoms with van der Waals surface area (Å²) in [5, 5.41) is 12.7. The molecule has 1 heterocycles. The molecule has 1 N–H and O–H groups in total. The smallest absolute Gasteiger partial charge is 0.234 e. The van der Waals surface area contributed by atoms with Gasteiger partial charge in [-0.25, -0.2) is 0 Å². The van der Waals surface area contributed by atoms with Crippen molar-refractivity contribution < 1.29 is 4.79 Å². The zero-order valence-electron chi connectivity index (χ0n) is 15.4. The number of rotatable bonds is 6. The molecule has 26 heavy (non-hydrogen) atoms. The van der Waals surface area contributed by atoms with Gasteiger partial charge in [0.15, 0.2) is 5.16 Å². The molecule has 1 fully saturated rings. The second-order valence-corrected chi connectivity index (χ2v) is 8.71. The quantitative estimate of drug-likeness (QED) is 0.740. The summed E-state index contributed by atoms with van der Waals surface area (Å²) >= 11 is 7.72. The number of carbonyl (C=O) groups excluding carboxylic acids is 1. The summed E-state index contributed by atoms with van der Waals surface area (Å²) in [5.74, 6) is 0.279. The van der Waals surface area contributed by atoms with Crippen molar-refractivity contribution in [1.29, 1.82) is 0 Å². The van der Waals surface area contributed by atoms with Crippen LogP contribution in [0.2, 0.25) is 5.02 Å². The average Bonchev–Trinajstić information content (AvgIpc) is 3.26. The lowest BCUT2D eigenvalue weighted by atomic mass is 10.1. The molecule has 7 heteroatoms. The Hall–Kier alpha value is -1.53. The molecular formula is C19H25ClN4OS. The molecule has 0 aliphatic heterocycles. The van der Waals surface area contributed by atoms with E-state index in [4.69, 9.17) is 11.6 Å². The minimum atomic E-state index is -0.209. The molecule has 1 aliphatic rings. The molecule has 0 saturated heterocycles. The van der Waals surface area contributed by atoms with E-state index in [1.54, 1.807) is 6.33 Å². The van der Waals surface area contributed by atoms with Gasteiger partial charge < -0.3 is 5.32 Å². The van der Waals surface area contributed by atoms with Crippen molar-refractivity contribution in [3.63, 3.8) is 0 Å². The van der Waals surface area contributed by atoms with E-state index in [0.29, 0.717) is 16.2 Å². The van der Waals surface area contributed by atoms with Crippen LogP contribution in [0.25, 0.3) is 5.69 Å². The van der Waals surface area contributed by atoms with Crippen LogP contribution in [0.3, 0.4) is 0 Å². The summed E-state index contributed by atoms with van der Waals surface area (Å²) in [6, 6.07) is 6.17. The Kier molecular flexibility index (Phi) is 6.24. The molecular weight excluding hydrogens is 368 g/mol. The van der Waals surface area contributed by atoms with Gasteiger partial charge in [0.25, 0.3) is 0 Å². The highest BCUT2D eigenvalue weighted by molar-refractivity contribution is 8.00. The molecule has 2 aromatic rings. The van der Waals surface area contributed by atoms with Crippen LogP contribution in [-0.4, -0.2) is 32.0 Å². The van der Waals surface area contributed by atoms with E-state index in [9.17, 15) is 4.79 Å². The standard InChI is InChI=1S/C19H25ClN4OS/c1-12(2)17(18(25)22-14-6-4-5-7-14)26-19-23-21-11-24(19)15-9-8-13(3)16(20)10-15/h8-12,14,17H,4-7H2,1-3H3,(H,22,25). The number of nitrogens with one attached hydrogen (secondary N) is 1. The van der Waals surface area contributed by atoms with E-state index in [1.807, 2.05) is 29.7 Å². The van der Waals surface area contributed by atoms with Gasteiger partial charge >= 0.3 is 0 Å². The van der Waals surface area contributed by atoms with Crippen molar-refractivity contribution in [3.05, 3.63) is 35.1 Å². The molecule has 1 aromatic heterocycles. The third-order valence-corrected chi connectivity index (χ3v) is 6.66. The fourth-order valence-electron chi connectivity index (χ4n) is 3.17. The summed E-state index contributed by atoms with van der Waals surface area (Å²) in [6.07, 6.45) is 6.23. The number of halogens is 1. The Balaban J connectivity index is 1.78. The first-order valence-electron chi connectivity index (χ1n) is 9.09. The zero-order valence-corrected chi connectivity index (χ0v) is 17.0. The molecule has 0 radical (unpaired) electrons. The van der Waals surface area contributed by atoms with E-state index < -0.39 is 0 Å². The van der Waals surface area contributed by atoms with Gasteiger partial charge in [-0.2, -0.15) is 0 Å². The molecule has 0 bridgehead atoms. The number of hydrogen-bond donors (Lipinski definition) is 1. The first kappa shape index (κ1) is 19.2. The first-order valence-corrected chi connectivity index (χ1v) is 10.3. The van der Waals surface area contributed by atoms with Crippen LogP contribution in [-0.2, 0) is 4.79 Å². The monoisotopic (exact) mass is 392 g/mol. The SMILES string of the molecule is Cc1ccc(-n2cnnc2SC(C(=O)NC2CCCC2)C(C)C)cc1Cl. The highest BCUT2D eigenvalue weighted by Crippen LogP contribution is 2.30. The summed E-state index contributed by atoms with van der Waals surface area (Å²) in [6.45, 7) is 6.10. The zero-order chi connectivity index (χ0) is 18.7. The number of hydrogen-bond acceptors (Lipinski definition) is 4. The van der Waals surface area contributed by atoms with Crippen molar-refractivity contribution in [2.75, 3.05) is 0 Å². The number of aryl methyl sites for hydroxylation is 1. The summed E-state index contributed by atoms with van der Waals surface area (Å²) < 4.78 is 1.88. The van der Waals surface area contributed by atoms with Crippen LogP contribution in [0, 0.1) is 12.8 Å². The molecule has 0 spiro atoms. The van der Waals surface area contributed by atoms with Crippen molar-refractivity contribution >= 4 is 29.3 Å². The Morgan fingerprint density at radius 1 is 1.35 bits per heavy atom. The highest BCUT2D eigenvalue weighted by Gasteiger charge is 2.28. The lowest BCUT2D eigenvalue weighted by Crippen LogP contribution is -2.41. The van der Waals surface area contributed by atoms with Crippen LogP contribution < -0.4 is 5.32 Å². The van der Waals surface area contributed by atoms with Gasteiger partial charge in [-0.3, -0.25) is 9.36 Å². The van der Waals surface area contributed by atoms with Crippen LogP contribution >= 0.6 is 23.4 Å². The average molecular weight is 393 g/mol. The van der Waals surface area contributed by atoms with Crippen molar-refractivity contribution in [2.24, 2.45) is 5.92 Å². The Labute approximate surface area is 163 Å². The minimum absolute atomic E-state index is 0.0911. The van der Waals surface area contributed by atoms with Crippen LogP contribution in [0.15, 0.2) is 29.7 Å². The summed E-state index contributed by atoms with van der Waals surface area (Å²) in [5.41, 5.74) is 1.92. The number of nitrogens with zero attached hydrogens (tertiary/aromatic N) is 3. The van der Waals surface area contributed by atoms with Crippen LogP contribution in [0.5, 0.6) is 0 Å². The molecule has 3 rings (SSSR count). The molecule has 1 aromatic carbocycles.